The average molecular weight is 538 g/mol. The molecule has 0 amide bonds. The SMILES string of the molecule is CCCCC(O)Nc1cncc(-c2ccc3[nH]nc(-c4cc5c(-c6ccc(C(C)=O)s6)nccc5[nH]4)c3n2)c1. The van der Waals surface area contributed by atoms with Gasteiger partial charge in [-0.1, -0.05) is 13.3 Å². The summed E-state index contributed by atoms with van der Waals surface area (Å²) < 4.78 is 0. The fourth-order valence-corrected chi connectivity index (χ4v) is 5.51. The number of aromatic nitrogens is 6. The Labute approximate surface area is 228 Å². The smallest absolute Gasteiger partial charge is 0.169 e. The molecule has 10 heteroatoms. The number of nitrogens with one attached hydrogen (secondary N) is 3. The number of rotatable bonds is 9. The van der Waals surface area contributed by atoms with Crippen LogP contribution < -0.4 is 5.32 Å². The monoisotopic (exact) mass is 537 g/mol. The number of nitrogens with zero attached hydrogens (tertiary/aromatic N) is 4. The van der Waals surface area contributed by atoms with E-state index < -0.39 is 6.23 Å². The maximum atomic E-state index is 11.8. The Morgan fingerprint density at radius 1 is 1.10 bits per heavy atom. The quantitative estimate of drug-likeness (QED) is 0.124. The lowest BCUT2D eigenvalue weighted by Gasteiger charge is -2.14. The van der Waals surface area contributed by atoms with Crippen LogP contribution in [0, 0.1) is 0 Å². The number of H-pyrrole nitrogens is 2. The van der Waals surface area contributed by atoms with E-state index in [1.807, 2.05) is 42.5 Å². The first kappa shape index (κ1) is 24.9. The third kappa shape index (κ3) is 4.91. The molecular formula is C29H27N7O2S. The number of aliphatic hydroxyl groups excluding tert-OH is 1. The molecule has 6 aromatic heterocycles. The highest BCUT2D eigenvalue weighted by Crippen LogP contribution is 2.35. The molecule has 4 N–H and O–H groups in total. The minimum Gasteiger partial charge on any atom is -0.374 e. The number of Topliss-reactive ketones (excluding diaryl/α,β-unsaturated/α-hetero) is 1. The molecule has 196 valence electrons. The molecule has 1 unspecified atom stereocenters. The van der Waals surface area contributed by atoms with Gasteiger partial charge in [-0.2, -0.15) is 5.10 Å². The number of hydrogen-bond donors (Lipinski definition) is 4. The highest BCUT2D eigenvalue weighted by atomic mass is 32.1. The van der Waals surface area contributed by atoms with Crippen molar-refractivity contribution in [1.29, 1.82) is 0 Å². The number of aliphatic hydroxyl groups is 1. The largest absolute Gasteiger partial charge is 0.374 e. The van der Waals surface area contributed by atoms with E-state index in [4.69, 9.17) is 4.98 Å². The third-order valence-electron chi connectivity index (χ3n) is 6.60. The minimum atomic E-state index is -0.623. The maximum absolute atomic E-state index is 11.8. The second kappa shape index (κ2) is 10.4. The number of ketones is 1. The molecule has 0 bridgehead atoms. The molecule has 6 rings (SSSR count). The van der Waals surface area contributed by atoms with Crippen molar-refractivity contribution in [2.24, 2.45) is 0 Å². The molecular weight excluding hydrogens is 510 g/mol. The molecule has 0 saturated carbocycles. The number of unbranched alkanes of at least 4 members (excludes halogenated alkanes) is 1. The molecule has 0 aliphatic carbocycles. The van der Waals surface area contributed by atoms with Crippen LogP contribution in [0.15, 0.2) is 61.1 Å². The fraction of sp³-hybridized carbons (Fsp3) is 0.207. The van der Waals surface area contributed by atoms with Crippen molar-refractivity contribution in [2.45, 2.75) is 39.3 Å². The van der Waals surface area contributed by atoms with Crippen molar-refractivity contribution in [1.82, 2.24) is 30.1 Å². The summed E-state index contributed by atoms with van der Waals surface area (Å²) in [5, 5.41) is 22.0. The zero-order valence-electron chi connectivity index (χ0n) is 21.5. The number of thiophene rings is 1. The Balaban J connectivity index is 1.36. The Morgan fingerprint density at radius 3 is 2.82 bits per heavy atom. The van der Waals surface area contributed by atoms with E-state index in [0.717, 1.165) is 68.0 Å². The number of carbonyl (C=O) groups excluding carboxylic acids is 1. The van der Waals surface area contributed by atoms with Crippen molar-refractivity contribution in [3.05, 3.63) is 65.9 Å². The lowest BCUT2D eigenvalue weighted by Crippen LogP contribution is -2.18. The summed E-state index contributed by atoms with van der Waals surface area (Å²) in [6, 6.07) is 13.5. The molecule has 0 aromatic carbocycles. The number of anilines is 1. The molecule has 0 spiro atoms. The summed E-state index contributed by atoms with van der Waals surface area (Å²) in [7, 11) is 0. The fourth-order valence-electron chi connectivity index (χ4n) is 4.60. The molecule has 9 nitrogen and oxygen atoms in total. The molecule has 1 atom stereocenters. The van der Waals surface area contributed by atoms with Crippen LogP contribution in [0.4, 0.5) is 5.69 Å². The highest BCUT2D eigenvalue weighted by Gasteiger charge is 2.17. The normalized spacial score (nSPS) is 12.3. The van der Waals surface area contributed by atoms with Gasteiger partial charge in [-0.3, -0.25) is 19.9 Å². The summed E-state index contributed by atoms with van der Waals surface area (Å²) in [6.07, 6.45) is 7.24. The van der Waals surface area contributed by atoms with Gasteiger partial charge in [-0.15, -0.1) is 11.3 Å². The van der Waals surface area contributed by atoms with E-state index in [9.17, 15) is 9.90 Å². The van der Waals surface area contributed by atoms with Gasteiger partial charge in [0.05, 0.1) is 44.2 Å². The van der Waals surface area contributed by atoms with Crippen molar-refractivity contribution >= 4 is 44.7 Å². The van der Waals surface area contributed by atoms with Crippen LogP contribution in [0.2, 0.25) is 0 Å². The van der Waals surface area contributed by atoms with Crippen molar-refractivity contribution in [2.75, 3.05) is 5.32 Å². The second-order valence-electron chi connectivity index (χ2n) is 9.45. The van der Waals surface area contributed by atoms with Crippen LogP contribution in [-0.4, -0.2) is 47.3 Å². The second-order valence-corrected chi connectivity index (χ2v) is 10.5. The van der Waals surface area contributed by atoms with E-state index in [0.29, 0.717) is 17.0 Å². The molecule has 39 heavy (non-hydrogen) atoms. The van der Waals surface area contributed by atoms with Crippen LogP contribution in [0.3, 0.4) is 0 Å². The molecule has 0 fully saturated rings. The minimum absolute atomic E-state index is 0.0437. The summed E-state index contributed by atoms with van der Waals surface area (Å²) in [6.45, 7) is 3.67. The number of pyridine rings is 3. The van der Waals surface area contributed by atoms with Crippen molar-refractivity contribution in [3.63, 3.8) is 0 Å². The zero-order valence-corrected chi connectivity index (χ0v) is 22.3. The highest BCUT2D eigenvalue weighted by molar-refractivity contribution is 7.17. The van der Waals surface area contributed by atoms with Gasteiger partial charge in [-0.05, 0) is 62.2 Å². The Morgan fingerprint density at radius 2 is 2.00 bits per heavy atom. The van der Waals surface area contributed by atoms with Crippen LogP contribution in [0.1, 0.15) is 42.8 Å². The van der Waals surface area contributed by atoms with Gasteiger partial charge in [0.15, 0.2) is 5.78 Å². The Kier molecular flexibility index (Phi) is 6.64. The van der Waals surface area contributed by atoms with E-state index >= 15 is 0 Å². The molecule has 0 aliphatic heterocycles. The number of fused-ring (bicyclic) bond motifs is 2. The molecule has 0 saturated heterocycles. The number of aromatic amines is 2. The van der Waals surface area contributed by atoms with Crippen molar-refractivity contribution < 1.29 is 9.90 Å². The molecule has 0 aliphatic rings. The van der Waals surface area contributed by atoms with Crippen LogP contribution in [0.25, 0.3) is 55.2 Å². The van der Waals surface area contributed by atoms with E-state index in [-0.39, 0.29) is 5.78 Å². The van der Waals surface area contributed by atoms with Gasteiger partial charge in [0.2, 0.25) is 0 Å². The van der Waals surface area contributed by atoms with Crippen LogP contribution >= 0.6 is 11.3 Å². The van der Waals surface area contributed by atoms with E-state index in [1.165, 1.54) is 11.3 Å². The summed E-state index contributed by atoms with van der Waals surface area (Å²) in [5.74, 6) is 0.0437. The van der Waals surface area contributed by atoms with Gasteiger partial charge in [0.25, 0.3) is 0 Å². The topological polar surface area (TPSA) is 132 Å². The number of hydrogen-bond acceptors (Lipinski definition) is 8. The van der Waals surface area contributed by atoms with Crippen LogP contribution in [0.5, 0.6) is 0 Å². The predicted molar refractivity (Wildman–Crippen MR) is 155 cm³/mol. The number of carbonyl (C=O) groups is 1. The van der Waals surface area contributed by atoms with Gasteiger partial charge in [0.1, 0.15) is 17.4 Å². The van der Waals surface area contributed by atoms with Gasteiger partial charge >= 0.3 is 0 Å². The lowest BCUT2D eigenvalue weighted by molar-refractivity contribution is 0.102. The first-order valence-corrected chi connectivity index (χ1v) is 13.7. The Bertz CT molecular complexity index is 1800. The van der Waals surface area contributed by atoms with Crippen LogP contribution in [-0.2, 0) is 0 Å². The first-order chi connectivity index (χ1) is 19.0. The lowest BCUT2D eigenvalue weighted by atomic mass is 10.1. The standard InChI is InChI=1S/C29H27N7O2S/c1-3-4-5-26(38)32-18-12-17(14-30-15-18)20-6-7-22-28(34-20)29(36-35-22)23-13-19-21(33-23)10-11-31-27(19)25-9-8-24(39-25)16(2)37/h6-15,26,32-33,38H,3-5H2,1-2H3,(H,35,36). The third-order valence-corrected chi connectivity index (χ3v) is 7.79. The van der Waals surface area contributed by atoms with E-state index in [2.05, 4.69) is 37.4 Å². The average Bonchev–Trinajstić information content (AvgIpc) is 3.69. The zero-order chi connectivity index (χ0) is 26.9. The van der Waals surface area contributed by atoms with Crippen molar-refractivity contribution in [3.8, 4) is 33.2 Å². The summed E-state index contributed by atoms with van der Waals surface area (Å²) in [4.78, 5) is 30.8. The molecule has 0 radical (unpaired) electrons. The van der Waals surface area contributed by atoms with Gasteiger partial charge in [0, 0.05) is 28.9 Å². The summed E-state index contributed by atoms with van der Waals surface area (Å²) >= 11 is 1.44. The molecule has 6 heterocycles. The Hall–Kier alpha value is -4.41. The summed E-state index contributed by atoms with van der Waals surface area (Å²) in [5.41, 5.74) is 7.10. The van der Waals surface area contributed by atoms with Gasteiger partial charge in [-0.25, -0.2) is 4.98 Å². The first-order valence-electron chi connectivity index (χ1n) is 12.8. The maximum Gasteiger partial charge on any atom is 0.169 e. The predicted octanol–water partition coefficient (Wildman–Crippen LogP) is 6.41. The van der Waals surface area contributed by atoms with Gasteiger partial charge < -0.3 is 15.4 Å². The molecule has 6 aromatic rings. The van der Waals surface area contributed by atoms with E-state index in [1.54, 1.807) is 25.5 Å².